The van der Waals surface area contributed by atoms with Crippen molar-refractivity contribution >= 4 is 11.6 Å². The molecular weight excluding hydrogens is 234 g/mol. The molecule has 0 aliphatic carbocycles. The molecule has 0 spiro atoms. The zero-order valence-electron chi connectivity index (χ0n) is 10.3. The molecule has 0 radical (unpaired) electrons. The first kappa shape index (κ1) is 12.2. The SMILES string of the molecule is CNC(c1ccoc1)c1cc(C)c(Cl)cc1C. The Balaban J connectivity index is 2.48. The van der Waals surface area contributed by atoms with Crippen LogP contribution in [0, 0.1) is 13.8 Å². The molecule has 1 unspecified atom stereocenters. The molecule has 90 valence electrons. The van der Waals surface area contributed by atoms with Gasteiger partial charge in [-0.25, -0.2) is 0 Å². The molecule has 3 heteroatoms. The summed E-state index contributed by atoms with van der Waals surface area (Å²) in [5, 5.41) is 4.12. The molecule has 1 N–H and O–H groups in total. The summed E-state index contributed by atoms with van der Waals surface area (Å²) in [6.45, 7) is 4.10. The fourth-order valence-electron chi connectivity index (χ4n) is 2.06. The molecule has 1 aromatic carbocycles. The Kier molecular flexibility index (Phi) is 3.55. The predicted molar refractivity (Wildman–Crippen MR) is 70.5 cm³/mol. The van der Waals surface area contributed by atoms with Crippen molar-refractivity contribution in [3.05, 3.63) is 58.0 Å². The van der Waals surface area contributed by atoms with Gasteiger partial charge in [-0.2, -0.15) is 0 Å². The molecule has 0 saturated heterocycles. The van der Waals surface area contributed by atoms with E-state index in [1.807, 2.05) is 26.1 Å². The number of furan rings is 1. The van der Waals surface area contributed by atoms with Gasteiger partial charge in [-0.05, 0) is 49.7 Å². The van der Waals surface area contributed by atoms with Crippen LogP contribution in [0.25, 0.3) is 0 Å². The van der Waals surface area contributed by atoms with E-state index < -0.39 is 0 Å². The topological polar surface area (TPSA) is 25.2 Å². The van der Waals surface area contributed by atoms with Gasteiger partial charge in [0.15, 0.2) is 0 Å². The first-order valence-corrected chi connectivity index (χ1v) is 5.97. The molecule has 1 atom stereocenters. The van der Waals surface area contributed by atoms with Crippen LogP contribution in [0.4, 0.5) is 0 Å². The zero-order valence-corrected chi connectivity index (χ0v) is 11.0. The molecule has 2 nitrogen and oxygen atoms in total. The van der Waals surface area contributed by atoms with Gasteiger partial charge in [-0.1, -0.05) is 17.7 Å². The minimum atomic E-state index is 0.143. The van der Waals surface area contributed by atoms with Crippen LogP contribution in [0.5, 0.6) is 0 Å². The molecule has 0 fully saturated rings. The smallest absolute Gasteiger partial charge is 0.0953 e. The summed E-state index contributed by atoms with van der Waals surface area (Å²) >= 11 is 6.12. The summed E-state index contributed by atoms with van der Waals surface area (Å²) in [7, 11) is 1.95. The number of hydrogen-bond donors (Lipinski definition) is 1. The average molecular weight is 250 g/mol. The Hall–Kier alpha value is -1.25. The molecule has 2 aromatic rings. The summed E-state index contributed by atoms with van der Waals surface area (Å²) in [6.07, 6.45) is 3.46. The molecule has 0 aliphatic rings. The van der Waals surface area contributed by atoms with Crippen molar-refractivity contribution in [3.8, 4) is 0 Å². The van der Waals surface area contributed by atoms with E-state index in [2.05, 4.69) is 18.3 Å². The molecular formula is C14H16ClNO. The van der Waals surface area contributed by atoms with Crippen LogP contribution in [0.1, 0.15) is 28.3 Å². The largest absolute Gasteiger partial charge is 0.472 e. The lowest BCUT2D eigenvalue weighted by Crippen LogP contribution is -2.18. The highest BCUT2D eigenvalue weighted by molar-refractivity contribution is 6.31. The molecule has 17 heavy (non-hydrogen) atoms. The summed E-state index contributed by atoms with van der Waals surface area (Å²) < 4.78 is 5.15. The number of halogens is 1. The third kappa shape index (κ3) is 2.38. The van der Waals surface area contributed by atoms with Gasteiger partial charge in [-0.3, -0.25) is 0 Å². The Bertz CT molecular complexity index is 505. The summed E-state index contributed by atoms with van der Waals surface area (Å²) in [4.78, 5) is 0. The van der Waals surface area contributed by atoms with Gasteiger partial charge in [-0.15, -0.1) is 0 Å². The Labute approximate surface area is 107 Å². The van der Waals surface area contributed by atoms with Crippen molar-refractivity contribution in [1.29, 1.82) is 0 Å². The van der Waals surface area contributed by atoms with Crippen LogP contribution < -0.4 is 5.32 Å². The fraction of sp³-hybridized carbons (Fsp3) is 0.286. The Morgan fingerprint density at radius 1 is 1.24 bits per heavy atom. The maximum Gasteiger partial charge on any atom is 0.0953 e. The number of rotatable bonds is 3. The van der Waals surface area contributed by atoms with Gasteiger partial charge < -0.3 is 9.73 Å². The highest BCUT2D eigenvalue weighted by Crippen LogP contribution is 2.29. The van der Waals surface area contributed by atoms with E-state index in [0.29, 0.717) is 0 Å². The van der Waals surface area contributed by atoms with E-state index in [9.17, 15) is 0 Å². The van der Waals surface area contributed by atoms with Gasteiger partial charge in [0.1, 0.15) is 0 Å². The highest BCUT2D eigenvalue weighted by Gasteiger charge is 2.16. The second kappa shape index (κ2) is 4.94. The monoisotopic (exact) mass is 249 g/mol. The third-order valence-corrected chi connectivity index (χ3v) is 3.43. The first-order chi connectivity index (χ1) is 8.13. The van der Waals surface area contributed by atoms with Crippen molar-refractivity contribution in [2.24, 2.45) is 0 Å². The molecule has 0 aliphatic heterocycles. The summed E-state index contributed by atoms with van der Waals surface area (Å²) in [6, 6.07) is 6.26. The lowest BCUT2D eigenvalue weighted by Gasteiger charge is -2.18. The van der Waals surface area contributed by atoms with Crippen LogP contribution in [-0.4, -0.2) is 7.05 Å². The number of benzene rings is 1. The minimum Gasteiger partial charge on any atom is -0.472 e. The van der Waals surface area contributed by atoms with Gasteiger partial charge >= 0.3 is 0 Å². The van der Waals surface area contributed by atoms with E-state index in [1.54, 1.807) is 12.5 Å². The van der Waals surface area contributed by atoms with E-state index >= 15 is 0 Å². The van der Waals surface area contributed by atoms with E-state index in [1.165, 1.54) is 11.1 Å². The quantitative estimate of drug-likeness (QED) is 0.894. The maximum atomic E-state index is 6.12. The van der Waals surface area contributed by atoms with E-state index in [4.69, 9.17) is 16.0 Å². The predicted octanol–water partition coefficient (Wildman–Crippen LogP) is 3.86. The second-order valence-electron chi connectivity index (χ2n) is 4.24. The lowest BCUT2D eigenvalue weighted by molar-refractivity contribution is 0.557. The third-order valence-electron chi connectivity index (χ3n) is 3.02. The molecule has 0 bridgehead atoms. The summed E-state index contributed by atoms with van der Waals surface area (Å²) in [5.74, 6) is 0. The standard InChI is InChI=1S/C14H16ClNO/c1-9-7-13(15)10(2)6-12(9)14(16-3)11-4-5-17-8-11/h4-8,14,16H,1-3H3. The fourth-order valence-corrected chi connectivity index (χ4v) is 2.27. The number of hydrogen-bond acceptors (Lipinski definition) is 2. The van der Waals surface area contributed by atoms with Crippen molar-refractivity contribution in [2.45, 2.75) is 19.9 Å². The van der Waals surface area contributed by atoms with Gasteiger partial charge in [0.05, 0.1) is 18.6 Å². The average Bonchev–Trinajstić information content (AvgIpc) is 2.80. The van der Waals surface area contributed by atoms with Crippen LogP contribution >= 0.6 is 11.6 Å². The van der Waals surface area contributed by atoms with Gasteiger partial charge in [0, 0.05) is 10.6 Å². The van der Waals surface area contributed by atoms with Crippen LogP contribution in [0.2, 0.25) is 5.02 Å². The zero-order chi connectivity index (χ0) is 12.4. The number of nitrogens with one attached hydrogen (secondary N) is 1. The summed E-state index contributed by atoms with van der Waals surface area (Å²) in [5.41, 5.74) is 4.63. The van der Waals surface area contributed by atoms with Gasteiger partial charge in [0.2, 0.25) is 0 Å². The lowest BCUT2D eigenvalue weighted by atomic mass is 9.95. The normalized spacial score (nSPS) is 12.7. The Morgan fingerprint density at radius 2 is 2.00 bits per heavy atom. The van der Waals surface area contributed by atoms with Crippen molar-refractivity contribution < 1.29 is 4.42 Å². The van der Waals surface area contributed by atoms with E-state index in [0.717, 1.165) is 16.1 Å². The molecule has 1 heterocycles. The molecule has 2 rings (SSSR count). The van der Waals surface area contributed by atoms with E-state index in [-0.39, 0.29) is 6.04 Å². The van der Waals surface area contributed by atoms with Crippen molar-refractivity contribution in [3.63, 3.8) is 0 Å². The van der Waals surface area contributed by atoms with Crippen LogP contribution in [0.15, 0.2) is 35.1 Å². The maximum absolute atomic E-state index is 6.12. The van der Waals surface area contributed by atoms with Gasteiger partial charge in [0.25, 0.3) is 0 Å². The van der Waals surface area contributed by atoms with Crippen LogP contribution in [0.3, 0.4) is 0 Å². The highest BCUT2D eigenvalue weighted by atomic mass is 35.5. The van der Waals surface area contributed by atoms with Crippen LogP contribution in [-0.2, 0) is 0 Å². The molecule has 1 aromatic heterocycles. The Morgan fingerprint density at radius 3 is 2.59 bits per heavy atom. The number of aryl methyl sites for hydroxylation is 2. The first-order valence-electron chi connectivity index (χ1n) is 5.59. The van der Waals surface area contributed by atoms with Crippen molar-refractivity contribution in [2.75, 3.05) is 7.05 Å². The second-order valence-corrected chi connectivity index (χ2v) is 4.64. The van der Waals surface area contributed by atoms with Crippen molar-refractivity contribution in [1.82, 2.24) is 5.32 Å². The molecule has 0 saturated carbocycles. The molecule has 0 amide bonds. The minimum absolute atomic E-state index is 0.143.